The number of fused-ring (bicyclic) bond motifs is 1. The predicted molar refractivity (Wildman–Crippen MR) is 58.2 cm³/mol. The summed E-state index contributed by atoms with van der Waals surface area (Å²) in [5.41, 5.74) is 1.12. The molecule has 0 fully saturated rings. The molecule has 0 bridgehead atoms. The molecule has 1 aromatic carbocycles. The van der Waals surface area contributed by atoms with Crippen molar-refractivity contribution in [3.05, 3.63) is 29.8 Å². The first-order chi connectivity index (χ1) is 7.77. The van der Waals surface area contributed by atoms with Crippen LogP contribution < -0.4 is 10.1 Å². The Labute approximate surface area is 93.6 Å². The van der Waals surface area contributed by atoms with Gasteiger partial charge in [-0.3, -0.25) is 0 Å². The van der Waals surface area contributed by atoms with Crippen LogP contribution in [-0.4, -0.2) is 26.1 Å². The number of rotatable bonds is 4. The number of halogens is 2. The second kappa shape index (κ2) is 5.25. The van der Waals surface area contributed by atoms with Crippen molar-refractivity contribution < 1.29 is 13.5 Å². The van der Waals surface area contributed by atoms with E-state index in [1.165, 1.54) is 0 Å². The second-order valence-electron chi connectivity index (χ2n) is 3.92. The van der Waals surface area contributed by atoms with Crippen molar-refractivity contribution in [2.24, 2.45) is 0 Å². The molecule has 4 heteroatoms. The smallest absolute Gasteiger partial charge is 0.250 e. The van der Waals surface area contributed by atoms with E-state index < -0.39 is 6.43 Å². The highest BCUT2D eigenvalue weighted by Crippen LogP contribution is 2.32. The lowest BCUT2D eigenvalue weighted by atomic mass is 9.93. The first-order valence-electron chi connectivity index (χ1n) is 5.48. The fraction of sp³-hybridized carbons (Fsp3) is 0.500. The molecule has 1 aliphatic rings. The first kappa shape index (κ1) is 11.3. The van der Waals surface area contributed by atoms with Gasteiger partial charge in [-0.05, 0) is 18.1 Å². The molecular weight excluding hydrogens is 212 g/mol. The average Bonchev–Trinajstić information content (AvgIpc) is 2.29. The second-order valence-corrected chi connectivity index (χ2v) is 3.92. The Morgan fingerprint density at radius 2 is 2.19 bits per heavy atom. The molecule has 0 aromatic heterocycles. The van der Waals surface area contributed by atoms with E-state index in [0.29, 0.717) is 13.2 Å². The molecule has 1 aliphatic heterocycles. The summed E-state index contributed by atoms with van der Waals surface area (Å²) in [6.07, 6.45) is -1.40. The van der Waals surface area contributed by atoms with E-state index >= 15 is 0 Å². The van der Waals surface area contributed by atoms with Crippen LogP contribution in [0.3, 0.4) is 0 Å². The van der Waals surface area contributed by atoms with Gasteiger partial charge < -0.3 is 10.1 Å². The van der Waals surface area contributed by atoms with Crippen molar-refractivity contribution in [3.63, 3.8) is 0 Å². The van der Waals surface area contributed by atoms with Gasteiger partial charge in [0.15, 0.2) is 0 Å². The molecule has 0 radical (unpaired) electrons. The van der Waals surface area contributed by atoms with E-state index in [0.717, 1.165) is 17.7 Å². The maximum Gasteiger partial charge on any atom is 0.250 e. The monoisotopic (exact) mass is 227 g/mol. The van der Waals surface area contributed by atoms with Crippen LogP contribution in [0.25, 0.3) is 0 Å². The summed E-state index contributed by atoms with van der Waals surface area (Å²) in [7, 11) is 0. The largest absolute Gasteiger partial charge is 0.493 e. The zero-order valence-corrected chi connectivity index (χ0v) is 8.96. The third kappa shape index (κ3) is 2.70. The molecule has 2 nitrogen and oxygen atoms in total. The highest BCUT2D eigenvalue weighted by Gasteiger charge is 2.20. The third-order valence-electron chi connectivity index (χ3n) is 2.77. The van der Waals surface area contributed by atoms with Crippen molar-refractivity contribution in [2.45, 2.75) is 18.8 Å². The zero-order valence-electron chi connectivity index (χ0n) is 8.96. The van der Waals surface area contributed by atoms with Gasteiger partial charge in [-0.1, -0.05) is 18.2 Å². The topological polar surface area (TPSA) is 21.3 Å². The number of benzene rings is 1. The van der Waals surface area contributed by atoms with Gasteiger partial charge >= 0.3 is 0 Å². The molecule has 88 valence electrons. The minimum Gasteiger partial charge on any atom is -0.493 e. The Bertz CT molecular complexity index is 344. The van der Waals surface area contributed by atoms with Crippen LogP contribution >= 0.6 is 0 Å². The Balaban J connectivity index is 1.96. The lowest BCUT2D eigenvalue weighted by Gasteiger charge is -2.26. The maximum absolute atomic E-state index is 12.0. The molecule has 1 aromatic rings. The summed E-state index contributed by atoms with van der Waals surface area (Å²) in [5.74, 6) is 1.17. The number of hydrogen-bond donors (Lipinski definition) is 1. The molecule has 0 aliphatic carbocycles. The third-order valence-corrected chi connectivity index (χ3v) is 2.77. The van der Waals surface area contributed by atoms with Crippen LogP contribution in [0.1, 0.15) is 17.9 Å². The lowest BCUT2D eigenvalue weighted by Crippen LogP contribution is -2.29. The summed E-state index contributed by atoms with van der Waals surface area (Å²) < 4.78 is 29.5. The van der Waals surface area contributed by atoms with Gasteiger partial charge in [0.05, 0.1) is 13.2 Å². The molecule has 1 heterocycles. The number of para-hydroxylation sites is 1. The maximum atomic E-state index is 12.0. The van der Waals surface area contributed by atoms with E-state index in [1.54, 1.807) is 0 Å². The summed E-state index contributed by atoms with van der Waals surface area (Å²) in [4.78, 5) is 0. The standard InChI is InChI=1S/C12H15F2NO/c13-12(14)8-15-7-9-5-6-16-11-4-2-1-3-10(9)11/h1-4,9,12,15H,5-8H2. The van der Waals surface area contributed by atoms with Crippen molar-refractivity contribution in [1.29, 1.82) is 0 Å². The summed E-state index contributed by atoms with van der Waals surface area (Å²) in [6.45, 7) is 1.02. The van der Waals surface area contributed by atoms with Gasteiger partial charge in [0, 0.05) is 12.5 Å². The number of alkyl halides is 2. The first-order valence-corrected chi connectivity index (χ1v) is 5.48. The van der Waals surface area contributed by atoms with Crippen LogP contribution in [0.4, 0.5) is 8.78 Å². The minimum atomic E-state index is -2.28. The van der Waals surface area contributed by atoms with Crippen molar-refractivity contribution in [2.75, 3.05) is 19.7 Å². The van der Waals surface area contributed by atoms with E-state index in [1.807, 2.05) is 24.3 Å². The lowest BCUT2D eigenvalue weighted by molar-refractivity contribution is 0.144. The molecule has 1 unspecified atom stereocenters. The molecule has 0 saturated carbocycles. The predicted octanol–water partition coefficient (Wildman–Crippen LogP) is 2.41. The van der Waals surface area contributed by atoms with E-state index in [-0.39, 0.29) is 12.5 Å². The van der Waals surface area contributed by atoms with Crippen molar-refractivity contribution in [1.82, 2.24) is 5.32 Å². The molecule has 1 atom stereocenters. The molecule has 2 rings (SSSR count). The Hall–Kier alpha value is -1.16. The van der Waals surface area contributed by atoms with Gasteiger partial charge in [0.2, 0.25) is 0 Å². The molecule has 0 amide bonds. The Morgan fingerprint density at radius 1 is 1.38 bits per heavy atom. The molecule has 1 N–H and O–H groups in total. The summed E-state index contributed by atoms with van der Waals surface area (Å²) in [6, 6.07) is 7.80. The van der Waals surface area contributed by atoms with Crippen LogP contribution in [0.5, 0.6) is 5.75 Å². The normalized spacial score (nSPS) is 19.3. The summed E-state index contributed by atoms with van der Waals surface area (Å²) in [5, 5.41) is 2.79. The van der Waals surface area contributed by atoms with Gasteiger partial charge in [-0.15, -0.1) is 0 Å². The van der Waals surface area contributed by atoms with Gasteiger partial charge in [-0.2, -0.15) is 0 Å². The van der Waals surface area contributed by atoms with E-state index in [2.05, 4.69) is 5.32 Å². The SMILES string of the molecule is FC(F)CNCC1CCOc2ccccc21. The molecule has 0 saturated heterocycles. The summed E-state index contributed by atoms with van der Waals surface area (Å²) >= 11 is 0. The van der Waals surface area contributed by atoms with Crippen LogP contribution in [0.15, 0.2) is 24.3 Å². The Morgan fingerprint density at radius 3 is 3.00 bits per heavy atom. The molecule has 0 spiro atoms. The minimum absolute atomic E-state index is 0.237. The van der Waals surface area contributed by atoms with Crippen LogP contribution in [0, 0.1) is 0 Å². The molecular formula is C12H15F2NO. The zero-order chi connectivity index (χ0) is 11.4. The van der Waals surface area contributed by atoms with Crippen LogP contribution in [-0.2, 0) is 0 Å². The van der Waals surface area contributed by atoms with E-state index in [4.69, 9.17) is 4.74 Å². The highest BCUT2D eigenvalue weighted by atomic mass is 19.3. The van der Waals surface area contributed by atoms with Crippen molar-refractivity contribution in [3.8, 4) is 5.75 Å². The Kier molecular flexibility index (Phi) is 3.72. The van der Waals surface area contributed by atoms with E-state index in [9.17, 15) is 8.78 Å². The quantitative estimate of drug-likeness (QED) is 0.852. The number of ether oxygens (including phenoxy) is 1. The van der Waals surface area contributed by atoms with Gasteiger partial charge in [-0.25, -0.2) is 8.78 Å². The highest BCUT2D eigenvalue weighted by molar-refractivity contribution is 5.37. The fourth-order valence-corrected chi connectivity index (χ4v) is 1.99. The van der Waals surface area contributed by atoms with Crippen LogP contribution in [0.2, 0.25) is 0 Å². The van der Waals surface area contributed by atoms with Gasteiger partial charge in [0.1, 0.15) is 5.75 Å². The molecule has 16 heavy (non-hydrogen) atoms. The average molecular weight is 227 g/mol. The fourth-order valence-electron chi connectivity index (χ4n) is 1.99. The number of hydrogen-bond acceptors (Lipinski definition) is 2. The van der Waals surface area contributed by atoms with Gasteiger partial charge in [0.25, 0.3) is 6.43 Å². The van der Waals surface area contributed by atoms with Crippen molar-refractivity contribution >= 4 is 0 Å². The number of nitrogens with one attached hydrogen (secondary N) is 1.